The number of guanidine groups is 1. The lowest BCUT2D eigenvalue weighted by Crippen LogP contribution is -2.42. The van der Waals surface area contributed by atoms with Crippen molar-refractivity contribution in [1.82, 2.24) is 9.80 Å². The van der Waals surface area contributed by atoms with E-state index < -0.39 is 0 Å². The van der Waals surface area contributed by atoms with E-state index in [9.17, 15) is 0 Å². The molecular formula is C19H32N4. The second kappa shape index (κ2) is 8.92. The molecule has 1 aliphatic heterocycles. The molecule has 1 aromatic carbocycles. The Morgan fingerprint density at radius 3 is 2.39 bits per heavy atom. The SMILES string of the molecule is CCN(CC)Cc1ccccc1CN=C(N)N1CCC(C)CC1. The lowest BCUT2D eigenvalue weighted by Gasteiger charge is -2.31. The number of piperidine rings is 1. The number of rotatable bonds is 6. The monoisotopic (exact) mass is 316 g/mol. The van der Waals surface area contributed by atoms with Gasteiger partial charge >= 0.3 is 0 Å². The standard InChI is InChI=1S/C19H32N4/c1-4-22(5-2)15-18-9-7-6-8-17(18)14-21-19(20)23-12-10-16(3)11-13-23/h6-9,16H,4-5,10-15H2,1-3H3,(H2,20,21). The minimum absolute atomic E-state index is 0.676. The van der Waals surface area contributed by atoms with Crippen molar-refractivity contribution in [1.29, 1.82) is 0 Å². The zero-order valence-electron chi connectivity index (χ0n) is 15.0. The highest BCUT2D eigenvalue weighted by Gasteiger charge is 2.17. The van der Waals surface area contributed by atoms with E-state index in [0.717, 1.165) is 38.6 Å². The van der Waals surface area contributed by atoms with E-state index in [0.29, 0.717) is 12.5 Å². The quantitative estimate of drug-likeness (QED) is 0.648. The fraction of sp³-hybridized carbons (Fsp3) is 0.632. The first-order valence-electron chi connectivity index (χ1n) is 8.98. The van der Waals surface area contributed by atoms with Crippen molar-refractivity contribution >= 4 is 5.96 Å². The number of benzene rings is 1. The van der Waals surface area contributed by atoms with Crippen LogP contribution in [0, 0.1) is 5.92 Å². The Morgan fingerprint density at radius 2 is 1.78 bits per heavy atom. The third kappa shape index (κ3) is 5.24. The summed E-state index contributed by atoms with van der Waals surface area (Å²) in [5, 5.41) is 0. The molecule has 128 valence electrons. The second-order valence-corrected chi connectivity index (χ2v) is 6.57. The molecule has 1 fully saturated rings. The third-order valence-electron chi connectivity index (χ3n) is 4.93. The van der Waals surface area contributed by atoms with E-state index in [2.05, 4.69) is 59.8 Å². The molecule has 0 radical (unpaired) electrons. The van der Waals surface area contributed by atoms with Crippen molar-refractivity contribution in [3.8, 4) is 0 Å². The van der Waals surface area contributed by atoms with Gasteiger partial charge in [0.05, 0.1) is 6.54 Å². The van der Waals surface area contributed by atoms with Crippen LogP contribution in [0.3, 0.4) is 0 Å². The van der Waals surface area contributed by atoms with Gasteiger partial charge in [-0.15, -0.1) is 0 Å². The normalized spacial score (nSPS) is 17.0. The second-order valence-electron chi connectivity index (χ2n) is 6.57. The first-order valence-corrected chi connectivity index (χ1v) is 8.98. The minimum Gasteiger partial charge on any atom is -0.370 e. The number of hydrogen-bond donors (Lipinski definition) is 1. The van der Waals surface area contributed by atoms with E-state index in [4.69, 9.17) is 5.73 Å². The molecule has 0 atom stereocenters. The average Bonchev–Trinajstić information content (AvgIpc) is 2.59. The largest absolute Gasteiger partial charge is 0.370 e. The maximum Gasteiger partial charge on any atom is 0.191 e. The smallest absolute Gasteiger partial charge is 0.191 e. The predicted molar refractivity (Wildman–Crippen MR) is 98.4 cm³/mol. The van der Waals surface area contributed by atoms with Crippen molar-refractivity contribution in [3.63, 3.8) is 0 Å². The lowest BCUT2D eigenvalue weighted by atomic mass is 10.00. The maximum absolute atomic E-state index is 6.21. The number of aliphatic imine (C=N–C) groups is 1. The molecule has 0 amide bonds. The van der Waals surface area contributed by atoms with Gasteiger partial charge in [-0.05, 0) is 43.0 Å². The van der Waals surface area contributed by atoms with Gasteiger partial charge in [-0.2, -0.15) is 0 Å². The lowest BCUT2D eigenvalue weighted by molar-refractivity contribution is 0.277. The van der Waals surface area contributed by atoms with Crippen LogP contribution in [-0.4, -0.2) is 41.9 Å². The van der Waals surface area contributed by atoms with Crippen LogP contribution in [0.4, 0.5) is 0 Å². The Bertz CT molecular complexity index is 500. The van der Waals surface area contributed by atoms with Crippen LogP contribution in [-0.2, 0) is 13.1 Å². The van der Waals surface area contributed by atoms with Gasteiger partial charge in [-0.1, -0.05) is 45.0 Å². The van der Waals surface area contributed by atoms with Crippen LogP contribution in [0.5, 0.6) is 0 Å². The van der Waals surface area contributed by atoms with Gasteiger partial charge in [0, 0.05) is 19.6 Å². The molecule has 1 heterocycles. The molecule has 1 aromatic rings. The van der Waals surface area contributed by atoms with Gasteiger partial charge in [0.15, 0.2) is 5.96 Å². The van der Waals surface area contributed by atoms with Gasteiger partial charge in [0.1, 0.15) is 0 Å². The zero-order chi connectivity index (χ0) is 16.7. The summed E-state index contributed by atoms with van der Waals surface area (Å²) in [6.07, 6.45) is 2.43. The Balaban J connectivity index is 2.00. The highest BCUT2D eigenvalue weighted by molar-refractivity contribution is 5.78. The molecule has 2 rings (SSSR count). The molecule has 4 nitrogen and oxygen atoms in total. The van der Waals surface area contributed by atoms with E-state index in [1.165, 1.54) is 24.0 Å². The highest BCUT2D eigenvalue weighted by atomic mass is 15.3. The fourth-order valence-corrected chi connectivity index (χ4v) is 3.06. The highest BCUT2D eigenvalue weighted by Crippen LogP contribution is 2.16. The summed E-state index contributed by atoms with van der Waals surface area (Å²) in [7, 11) is 0. The molecule has 0 spiro atoms. The third-order valence-corrected chi connectivity index (χ3v) is 4.93. The molecule has 0 saturated carbocycles. The van der Waals surface area contributed by atoms with Crippen LogP contribution < -0.4 is 5.73 Å². The van der Waals surface area contributed by atoms with Crippen molar-refractivity contribution in [3.05, 3.63) is 35.4 Å². The molecule has 2 N–H and O–H groups in total. The maximum atomic E-state index is 6.21. The molecule has 4 heteroatoms. The van der Waals surface area contributed by atoms with Crippen LogP contribution in [0.2, 0.25) is 0 Å². The van der Waals surface area contributed by atoms with Crippen LogP contribution in [0.15, 0.2) is 29.3 Å². The molecule has 23 heavy (non-hydrogen) atoms. The summed E-state index contributed by atoms with van der Waals surface area (Å²) in [4.78, 5) is 9.32. The number of likely N-dealkylation sites (tertiary alicyclic amines) is 1. The van der Waals surface area contributed by atoms with Gasteiger partial charge in [0.25, 0.3) is 0 Å². The topological polar surface area (TPSA) is 44.9 Å². The van der Waals surface area contributed by atoms with Crippen molar-refractivity contribution in [2.75, 3.05) is 26.2 Å². The van der Waals surface area contributed by atoms with Crippen LogP contribution >= 0.6 is 0 Å². The fourth-order valence-electron chi connectivity index (χ4n) is 3.06. The van der Waals surface area contributed by atoms with Gasteiger partial charge in [-0.3, -0.25) is 4.90 Å². The summed E-state index contributed by atoms with van der Waals surface area (Å²) < 4.78 is 0. The van der Waals surface area contributed by atoms with E-state index in [-0.39, 0.29) is 0 Å². The zero-order valence-corrected chi connectivity index (χ0v) is 15.0. The first-order chi connectivity index (χ1) is 11.1. The predicted octanol–water partition coefficient (Wildman–Crippen LogP) is 3.08. The van der Waals surface area contributed by atoms with Gasteiger partial charge < -0.3 is 10.6 Å². The molecule has 1 aliphatic rings. The Kier molecular flexibility index (Phi) is 6.90. The van der Waals surface area contributed by atoms with Crippen LogP contribution in [0.25, 0.3) is 0 Å². The first kappa shape index (κ1) is 17.8. The summed E-state index contributed by atoms with van der Waals surface area (Å²) >= 11 is 0. The average molecular weight is 316 g/mol. The molecule has 1 saturated heterocycles. The number of hydrogen-bond acceptors (Lipinski definition) is 2. The minimum atomic E-state index is 0.676. The van der Waals surface area contributed by atoms with Crippen molar-refractivity contribution in [2.24, 2.45) is 16.6 Å². The molecule has 0 aromatic heterocycles. The Morgan fingerprint density at radius 1 is 1.17 bits per heavy atom. The summed E-state index contributed by atoms with van der Waals surface area (Å²) in [6, 6.07) is 8.59. The Labute approximate surface area is 141 Å². The summed E-state index contributed by atoms with van der Waals surface area (Å²) in [5.41, 5.74) is 8.86. The van der Waals surface area contributed by atoms with E-state index in [1.54, 1.807) is 0 Å². The van der Waals surface area contributed by atoms with E-state index >= 15 is 0 Å². The van der Waals surface area contributed by atoms with Crippen molar-refractivity contribution in [2.45, 2.75) is 46.7 Å². The van der Waals surface area contributed by atoms with E-state index in [1.807, 2.05) is 0 Å². The molecule has 0 bridgehead atoms. The number of nitrogens with zero attached hydrogens (tertiary/aromatic N) is 3. The van der Waals surface area contributed by atoms with Crippen molar-refractivity contribution < 1.29 is 0 Å². The molecular weight excluding hydrogens is 284 g/mol. The van der Waals surface area contributed by atoms with Gasteiger partial charge in [-0.25, -0.2) is 4.99 Å². The summed E-state index contributed by atoms with van der Waals surface area (Å²) in [6.45, 7) is 12.6. The molecule has 0 aliphatic carbocycles. The van der Waals surface area contributed by atoms with Crippen LogP contribution in [0.1, 0.15) is 44.7 Å². The van der Waals surface area contributed by atoms with Gasteiger partial charge in [0.2, 0.25) is 0 Å². The Hall–Kier alpha value is -1.55. The molecule has 0 unspecified atom stereocenters. The summed E-state index contributed by atoms with van der Waals surface area (Å²) in [5.74, 6) is 1.52. The number of nitrogens with two attached hydrogens (primary N) is 1.